The monoisotopic (exact) mass is 598 g/mol. The summed E-state index contributed by atoms with van der Waals surface area (Å²) in [7, 11) is 6.36. The van der Waals surface area contributed by atoms with Crippen molar-refractivity contribution in [1.29, 1.82) is 0 Å². The molecule has 0 amide bonds. The molecule has 1 saturated heterocycles. The second-order valence-electron chi connectivity index (χ2n) is 8.27. The van der Waals surface area contributed by atoms with Crippen molar-refractivity contribution in [3.05, 3.63) is 11.6 Å². The maximum atomic E-state index is 10.9. The zero-order valence-electron chi connectivity index (χ0n) is 22.2. The zero-order valence-corrected chi connectivity index (χ0v) is 24.0. The van der Waals surface area contributed by atoms with Crippen molar-refractivity contribution in [3.63, 3.8) is 0 Å². The molecule has 0 aromatic heterocycles. The summed E-state index contributed by atoms with van der Waals surface area (Å²) in [4.78, 5) is 20.8. The van der Waals surface area contributed by atoms with E-state index >= 15 is 0 Å². The summed E-state index contributed by atoms with van der Waals surface area (Å²) in [5.74, 6) is -1.55. The molecule has 0 aromatic rings. The average molecular weight is 599 g/mol. The van der Waals surface area contributed by atoms with Gasteiger partial charge in [0.15, 0.2) is 0 Å². The second kappa shape index (κ2) is 20.5. The topological polar surface area (TPSA) is 201 Å². The first kappa shape index (κ1) is 37.7. The van der Waals surface area contributed by atoms with Gasteiger partial charge in [-0.2, -0.15) is 0 Å². The molecule has 2 heterocycles. The fourth-order valence-corrected chi connectivity index (χ4v) is 3.03. The Labute approximate surface area is 230 Å². The smallest absolute Gasteiger partial charge is 0.615 e. The van der Waals surface area contributed by atoms with Crippen LogP contribution in [-0.4, -0.2) is 126 Å². The summed E-state index contributed by atoms with van der Waals surface area (Å²) in [6.07, 6.45) is 2.56. The largest absolute Gasteiger partial charge is 2.00 e. The van der Waals surface area contributed by atoms with Crippen LogP contribution in [0.25, 0.3) is 0 Å². The van der Waals surface area contributed by atoms with Gasteiger partial charge in [-0.3, -0.25) is 0 Å². The SMILES string of the molecule is CN1CCCN(C)CCN(C)CCCN(C)CC1.COC(=O)C1=NN=N/C1=C(\[O-])OC.[Co+2].[O-][Cl+3]([O-])([O-])[O-]. The van der Waals surface area contributed by atoms with Crippen molar-refractivity contribution in [1.82, 2.24) is 19.6 Å². The van der Waals surface area contributed by atoms with Crippen LogP contribution in [0.2, 0.25) is 0 Å². The molecular formula is C20H38ClCoN7O8. The molecule has 217 valence electrons. The Balaban J connectivity index is 0. The van der Waals surface area contributed by atoms with Crippen LogP contribution in [0, 0.1) is 10.2 Å². The molecule has 1 fully saturated rings. The van der Waals surface area contributed by atoms with Gasteiger partial charge < -0.3 is 34.2 Å². The fraction of sp³-hybridized carbons (Fsp3) is 0.800. The van der Waals surface area contributed by atoms with Crippen LogP contribution in [-0.2, 0) is 31.0 Å². The predicted octanol–water partition coefficient (Wildman–Crippen LogP) is -5.09. The maximum Gasteiger partial charge on any atom is 2.00 e. The van der Waals surface area contributed by atoms with Crippen LogP contribution in [0.1, 0.15) is 12.8 Å². The number of halogens is 1. The van der Waals surface area contributed by atoms with Crippen LogP contribution in [0.4, 0.5) is 0 Å². The molecule has 0 bridgehead atoms. The first-order valence-corrected chi connectivity index (χ1v) is 12.4. The van der Waals surface area contributed by atoms with Crippen molar-refractivity contribution < 1.29 is 65.0 Å². The van der Waals surface area contributed by atoms with Crippen LogP contribution < -0.4 is 23.7 Å². The molecule has 2 aliphatic rings. The van der Waals surface area contributed by atoms with Crippen molar-refractivity contribution >= 4 is 11.7 Å². The molecule has 0 unspecified atom stereocenters. The Morgan fingerprint density at radius 1 is 0.757 bits per heavy atom. The predicted molar refractivity (Wildman–Crippen MR) is 118 cm³/mol. The van der Waals surface area contributed by atoms with E-state index in [1.54, 1.807) is 0 Å². The van der Waals surface area contributed by atoms with E-state index in [0.29, 0.717) is 0 Å². The molecule has 15 nitrogen and oxygen atoms in total. The van der Waals surface area contributed by atoms with Gasteiger partial charge in [-0.25, -0.2) is 23.4 Å². The minimum Gasteiger partial charge on any atom is -0.615 e. The fourth-order valence-electron chi connectivity index (χ4n) is 3.03. The number of nitrogens with zero attached hydrogens (tertiary/aromatic N) is 7. The average Bonchev–Trinajstić information content (AvgIpc) is 3.29. The van der Waals surface area contributed by atoms with Gasteiger partial charge in [0.05, 0.1) is 13.1 Å². The summed E-state index contributed by atoms with van der Waals surface area (Å²) < 4.78 is 42.7. The van der Waals surface area contributed by atoms with Gasteiger partial charge in [-0.15, -0.1) is 20.5 Å². The third kappa shape index (κ3) is 20.2. The molecular weight excluding hydrogens is 561 g/mol. The van der Waals surface area contributed by atoms with E-state index in [1.807, 2.05) is 0 Å². The Morgan fingerprint density at radius 2 is 1.11 bits per heavy atom. The molecule has 1 radical (unpaired) electrons. The molecule has 0 atom stereocenters. The molecule has 17 heteroatoms. The molecule has 0 saturated carbocycles. The van der Waals surface area contributed by atoms with E-state index in [9.17, 15) is 9.90 Å². The molecule has 0 spiro atoms. The number of likely N-dealkylation sites (N-methyl/N-ethyl adjacent to an activating group) is 4. The molecule has 0 aliphatic carbocycles. The number of ether oxygens (including phenoxy) is 2. The number of esters is 1. The van der Waals surface area contributed by atoms with Crippen molar-refractivity contribution in [2.24, 2.45) is 15.4 Å². The van der Waals surface area contributed by atoms with Crippen LogP contribution >= 0.6 is 0 Å². The Hall–Kier alpha value is -1.44. The summed E-state index contributed by atoms with van der Waals surface area (Å²) in [6, 6.07) is 0. The minimum absolute atomic E-state index is 0. The number of rotatable bonds is 2. The van der Waals surface area contributed by atoms with E-state index in [2.05, 4.69) is 72.7 Å². The van der Waals surface area contributed by atoms with E-state index in [1.165, 1.54) is 65.2 Å². The summed E-state index contributed by atoms with van der Waals surface area (Å²) >= 11 is 0. The number of methoxy groups -OCH3 is 2. The third-order valence-electron chi connectivity index (χ3n) is 5.16. The third-order valence-corrected chi connectivity index (χ3v) is 5.16. The van der Waals surface area contributed by atoms with Gasteiger partial charge in [0, 0.05) is 26.2 Å². The van der Waals surface area contributed by atoms with E-state index in [0.717, 1.165) is 14.2 Å². The Morgan fingerprint density at radius 3 is 1.41 bits per heavy atom. The van der Waals surface area contributed by atoms with Crippen LogP contribution in [0.5, 0.6) is 0 Å². The summed E-state index contributed by atoms with van der Waals surface area (Å²) in [5.41, 5.74) is -0.483. The molecule has 37 heavy (non-hydrogen) atoms. The van der Waals surface area contributed by atoms with Crippen LogP contribution in [0.3, 0.4) is 0 Å². The first-order valence-electron chi connectivity index (χ1n) is 11.2. The number of carbonyl (C=O) groups excluding carboxylic acids is 1. The van der Waals surface area contributed by atoms with Gasteiger partial charge in [-0.1, -0.05) is 0 Å². The molecule has 2 rings (SSSR count). The number of carbonyl (C=O) groups is 1. The normalized spacial score (nSPS) is 20.6. The molecule has 2 aliphatic heterocycles. The van der Waals surface area contributed by atoms with Crippen molar-refractivity contribution in [2.45, 2.75) is 12.8 Å². The van der Waals surface area contributed by atoms with Gasteiger partial charge in [0.2, 0.25) is 5.71 Å². The van der Waals surface area contributed by atoms with Gasteiger partial charge >= 0.3 is 22.7 Å². The van der Waals surface area contributed by atoms with Gasteiger partial charge in [0.25, 0.3) is 0 Å². The first-order chi connectivity index (χ1) is 16.8. The summed E-state index contributed by atoms with van der Waals surface area (Å²) in [6.45, 7) is 9.63. The van der Waals surface area contributed by atoms with Crippen molar-refractivity contribution in [3.8, 4) is 0 Å². The molecule has 0 aromatic carbocycles. The number of hydrogen-bond acceptors (Lipinski definition) is 15. The quantitative estimate of drug-likeness (QED) is 0.216. The second-order valence-corrected chi connectivity index (χ2v) is 9.02. The molecule has 0 N–H and O–H groups in total. The van der Waals surface area contributed by atoms with E-state index < -0.39 is 22.2 Å². The van der Waals surface area contributed by atoms with E-state index in [-0.39, 0.29) is 28.2 Å². The Bertz CT molecular complexity index is 692. The Kier molecular flexibility index (Phi) is 20.9. The zero-order chi connectivity index (χ0) is 27.7. The van der Waals surface area contributed by atoms with Gasteiger partial charge in [-0.05, 0) is 79.5 Å². The van der Waals surface area contributed by atoms with Gasteiger partial charge in [0.1, 0.15) is 5.70 Å². The summed E-state index contributed by atoms with van der Waals surface area (Å²) in [5, 5.41) is 20.7. The standard InChI is InChI=1S/C14H32N4.C6H7N3O4.ClHO4.Co/c1-15-7-5-8-17(3)13-14-18(4)10-6-9-16(2)12-11-15;1-12-5(10)3-4(6(11)13-2)8-9-7-3;2-1(3,4)5;/h5-14H2,1-4H3;10H,1-2H3;(H,2,3,4,5);/q;;;+2/p-2/b;5-3+;;. The number of hydrogen-bond donors (Lipinski definition) is 0. The van der Waals surface area contributed by atoms with Crippen LogP contribution in [0.15, 0.2) is 27.1 Å². The van der Waals surface area contributed by atoms with E-state index in [4.69, 9.17) is 18.6 Å². The maximum absolute atomic E-state index is 10.9. The minimum atomic E-state index is -4.94. The van der Waals surface area contributed by atoms with Crippen molar-refractivity contribution in [2.75, 3.05) is 94.8 Å².